The highest BCUT2D eigenvalue weighted by Crippen LogP contribution is 2.28. The van der Waals surface area contributed by atoms with Crippen molar-refractivity contribution in [1.29, 1.82) is 0 Å². The monoisotopic (exact) mass is 518 g/mol. The average molecular weight is 519 g/mol. The van der Waals surface area contributed by atoms with Crippen LogP contribution in [0.2, 0.25) is 0 Å². The van der Waals surface area contributed by atoms with Crippen LogP contribution in [0.3, 0.4) is 0 Å². The van der Waals surface area contributed by atoms with Gasteiger partial charge in [0.25, 0.3) is 0 Å². The molecule has 0 radical (unpaired) electrons. The van der Waals surface area contributed by atoms with Crippen molar-refractivity contribution in [2.45, 2.75) is 38.1 Å². The van der Waals surface area contributed by atoms with Crippen LogP contribution in [0.1, 0.15) is 34.9 Å². The molecule has 7 heteroatoms. The molecule has 0 spiro atoms. The fourth-order valence-corrected chi connectivity index (χ4v) is 4.47. The van der Waals surface area contributed by atoms with Gasteiger partial charge in [0.05, 0.1) is 12.3 Å². The molecule has 4 rings (SSSR count). The molecule has 3 aromatic carbocycles. The second-order valence-electron chi connectivity index (χ2n) is 9.21. The van der Waals surface area contributed by atoms with Gasteiger partial charge in [-0.2, -0.15) is 0 Å². The van der Waals surface area contributed by atoms with Gasteiger partial charge in [-0.1, -0.05) is 60.7 Å². The highest BCUT2D eigenvalue weighted by atomic mass is 19.1. The van der Waals surface area contributed by atoms with E-state index in [4.69, 9.17) is 9.84 Å². The second-order valence-corrected chi connectivity index (χ2v) is 9.21. The minimum absolute atomic E-state index is 0.0146. The first-order chi connectivity index (χ1) is 18.5. The van der Waals surface area contributed by atoms with Crippen molar-refractivity contribution in [3.05, 3.63) is 131 Å². The molecule has 198 valence electrons. The van der Waals surface area contributed by atoms with Gasteiger partial charge in [0.2, 0.25) is 0 Å². The zero-order valence-corrected chi connectivity index (χ0v) is 21.1. The largest absolute Gasteiger partial charge is 0.493 e. The number of hydrogen-bond donors (Lipinski definition) is 2. The molecule has 0 amide bonds. The number of pyridine rings is 1. The van der Waals surface area contributed by atoms with Crippen LogP contribution in [-0.4, -0.2) is 39.4 Å². The topological polar surface area (TPSA) is 65.8 Å². The van der Waals surface area contributed by atoms with Gasteiger partial charge in [0.1, 0.15) is 23.5 Å². The molecule has 0 aliphatic rings. The molecule has 1 heterocycles. The summed E-state index contributed by atoms with van der Waals surface area (Å²) in [4.78, 5) is 6.52. The number of benzene rings is 3. The predicted molar refractivity (Wildman–Crippen MR) is 142 cm³/mol. The van der Waals surface area contributed by atoms with E-state index in [1.807, 2.05) is 60.7 Å². The van der Waals surface area contributed by atoms with Crippen molar-refractivity contribution >= 4 is 0 Å². The van der Waals surface area contributed by atoms with Gasteiger partial charge in [-0.15, -0.1) is 0 Å². The lowest BCUT2D eigenvalue weighted by atomic mass is 9.95. The molecule has 2 N–H and O–H groups in total. The molecule has 1 aromatic heterocycles. The van der Waals surface area contributed by atoms with Gasteiger partial charge in [-0.05, 0) is 41.3 Å². The van der Waals surface area contributed by atoms with E-state index in [1.165, 1.54) is 12.1 Å². The zero-order valence-electron chi connectivity index (χ0n) is 21.1. The van der Waals surface area contributed by atoms with E-state index in [2.05, 4.69) is 9.88 Å². The van der Waals surface area contributed by atoms with Gasteiger partial charge >= 0.3 is 0 Å². The fourth-order valence-electron chi connectivity index (χ4n) is 4.47. The van der Waals surface area contributed by atoms with E-state index >= 15 is 0 Å². The summed E-state index contributed by atoms with van der Waals surface area (Å²) in [6.45, 7) is 1.35. The Labute approximate surface area is 222 Å². The molecule has 0 bridgehead atoms. The molecule has 0 saturated carbocycles. The molecular weight excluding hydrogens is 486 g/mol. The zero-order chi connectivity index (χ0) is 26.7. The van der Waals surface area contributed by atoms with Gasteiger partial charge in [0.15, 0.2) is 0 Å². The Kier molecular flexibility index (Phi) is 9.92. The SMILES string of the molecule is OCCCOc1ccnc([C@@H](O)[C@H](Cc2cc(F)cc(F)c2)N(Cc2ccccc2)Cc2ccccc2)c1. The summed E-state index contributed by atoms with van der Waals surface area (Å²) >= 11 is 0. The lowest BCUT2D eigenvalue weighted by Crippen LogP contribution is -2.41. The highest BCUT2D eigenvalue weighted by Gasteiger charge is 2.30. The summed E-state index contributed by atoms with van der Waals surface area (Å²) in [6.07, 6.45) is 1.14. The van der Waals surface area contributed by atoms with Crippen LogP contribution >= 0.6 is 0 Å². The van der Waals surface area contributed by atoms with E-state index in [1.54, 1.807) is 18.3 Å². The Bertz CT molecular complexity index is 1210. The van der Waals surface area contributed by atoms with Crippen LogP contribution in [0.25, 0.3) is 0 Å². The Morgan fingerprint density at radius 2 is 1.39 bits per heavy atom. The van der Waals surface area contributed by atoms with E-state index < -0.39 is 23.8 Å². The van der Waals surface area contributed by atoms with Crippen LogP contribution in [0, 0.1) is 11.6 Å². The minimum Gasteiger partial charge on any atom is -0.493 e. The third-order valence-corrected chi connectivity index (χ3v) is 6.28. The molecule has 0 aliphatic carbocycles. The van der Waals surface area contributed by atoms with Gasteiger partial charge in [-0.3, -0.25) is 9.88 Å². The maximum atomic E-state index is 14.1. The van der Waals surface area contributed by atoms with Crippen molar-refractivity contribution < 1.29 is 23.7 Å². The van der Waals surface area contributed by atoms with Crippen molar-refractivity contribution in [2.75, 3.05) is 13.2 Å². The molecule has 0 fully saturated rings. The maximum absolute atomic E-state index is 14.1. The third kappa shape index (κ3) is 7.92. The van der Waals surface area contributed by atoms with E-state index in [0.717, 1.165) is 17.2 Å². The average Bonchev–Trinajstić information content (AvgIpc) is 2.92. The van der Waals surface area contributed by atoms with Crippen molar-refractivity contribution in [3.8, 4) is 5.75 Å². The quantitative estimate of drug-likeness (QED) is 0.230. The smallest absolute Gasteiger partial charge is 0.126 e. The Hall–Kier alpha value is -3.65. The number of rotatable bonds is 13. The number of aliphatic hydroxyl groups is 2. The molecule has 0 aliphatic heterocycles. The number of aliphatic hydroxyl groups excluding tert-OH is 2. The Morgan fingerprint density at radius 1 is 0.789 bits per heavy atom. The summed E-state index contributed by atoms with van der Waals surface area (Å²) in [5.41, 5.74) is 2.91. The molecule has 2 atom stereocenters. The molecule has 38 heavy (non-hydrogen) atoms. The Balaban J connectivity index is 1.71. The molecule has 0 unspecified atom stereocenters. The highest BCUT2D eigenvalue weighted by molar-refractivity contribution is 5.27. The number of halogens is 2. The number of nitrogens with zero attached hydrogens (tertiary/aromatic N) is 2. The summed E-state index contributed by atoms with van der Waals surface area (Å²) in [7, 11) is 0. The van der Waals surface area contributed by atoms with Crippen LogP contribution in [0.5, 0.6) is 5.75 Å². The molecule has 5 nitrogen and oxygen atoms in total. The third-order valence-electron chi connectivity index (χ3n) is 6.28. The van der Waals surface area contributed by atoms with E-state index in [0.29, 0.717) is 43.1 Å². The first-order valence-corrected chi connectivity index (χ1v) is 12.7. The maximum Gasteiger partial charge on any atom is 0.126 e. The van der Waals surface area contributed by atoms with E-state index in [9.17, 15) is 13.9 Å². The molecular formula is C31H32F2N2O3. The summed E-state index contributed by atoms with van der Waals surface area (Å²) in [6, 6.07) is 26.0. The molecule has 4 aromatic rings. The first-order valence-electron chi connectivity index (χ1n) is 12.7. The van der Waals surface area contributed by atoms with Gasteiger partial charge < -0.3 is 14.9 Å². The number of hydrogen-bond acceptors (Lipinski definition) is 5. The predicted octanol–water partition coefficient (Wildman–Crippen LogP) is 5.47. The van der Waals surface area contributed by atoms with Crippen LogP contribution in [0.4, 0.5) is 8.78 Å². The fraction of sp³-hybridized carbons (Fsp3) is 0.258. The first kappa shape index (κ1) is 27.4. The Morgan fingerprint density at radius 3 is 1.97 bits per heavy atom. The molecule has 0 saturated heterocycles. The summed E-state index contributed by atoms with van der Waals surface area (Å²) < 4.78 is 34.0. The summed E-state index contributed by atoms with van der Waals surface area (Å²) in [5, 5.41) is 20.8. The van der Waals surface area contributed by atoms with Crippen molar-refractivity contribution in [1.82, 2.24) is 9.88 Å². The van der Waals surface area contributed by atoms with Crippen molar-refractivity contribution in [2.24, 2.45) is 0 Å². The second kappa shape index (κ2) is 13.8. The lowest BCUT2D eigenvalue weighted by molar-refractivity contribution is 0.0354. The van der Waals surface area contributed by atoms with Crippen molar-refractivity contribution in [3.63, 3.8) is 0 Å². The van der Waals surface area contributed by atoms with Crippen LogP contribution < -0.4 is 4.74 Å². The number of ether oxygens (including phenoxy) is 1. The lowest BCUT2D eigenvalue weighted by Gasteiger charge is -2.35. The van der Waals surface area contributed by atoms with Crippen LogP contribution in [-0.2, 0) is 19.5 Å². The number of aromatic nitrogens is 1. The summed E-state index contributed by atoms with van der Waals surface area (Å²) in [5.74, 6) is -0.803. The van der Waals surface area contributed by atoms with Gasteiger partial charge in [-0.25, -0.2) is 8.78 Å². The van der Waals surface area contributed by atoms with Crippen LogP contribution in [0.15, 0.2) is 97.2 Å². The van der Waals surface area contributed by atoms with Gasteiger partial charge in [0, 0.05) is 50.5 Å². The normalized spacial score (nSPS) is 12.9. The minimum atomic E-state index is -1.09. The standard InChI is InChI=1S/C31H32F2N2O3/c32-26-16-25(17-27(33)19-26)18-30(31(37)29-20-28(12-13-34-29)38-15-7-14-36)35(21-23-8-3-1-4-9-23)22-24-10-5-2-6-11-24/h1-6,8-13,16-17,19-20,30-31,36-37H,7,14-15,18,21-22H2/t30-,31+/m0/s1. The van der Waals surface area contributed by atoms with E-state index in [-0.39, 0.29) is 13.0 Å².